The molecule has 0 saturated heterocycles. The average Bonchev–Trinajstić information content (AvgIpc) is 2.47. The SMILES string of the molecule is CCCc1c(NCC)ncnc1Nc1cccc(Cl)c1Br. The summed E-state index contributed by atoms with van der Waals surface area (Å²) in [5.41, 5.74) is 1.98. The second-order valence-corrected chi connectivity index (χ2v) is 5.76. The molecule has 0 fully saturated rings. The van der Waals surface area contributed by atoms with E-state index in [1.54, 1.807) is 6.33 Å². The van der Waals surface area contributed by atoms with E-state index in [1.165, 1.54) is 0 Å². The van der Waals surface area contributed by atoms with Crippen molar-refractivity contribution in [2.75, 3.05) is 17.2 Å². The Balaban J connectivity index is 2.38. The summed E-state index contributed by atoms with van der Waals surface area (Å²) in [6.45, 7) is 5.02. The molecule has 0 atom stereocenters. The van der Waals surface area contributed by atoms with Crippen LogP contribution in [-0.2, 0) is 6.42 Å². The van der Waals surface area contributed by atoms with Gasteiger partial charge in [-0.1, -0.05) is 31.0 Å². The Kier molecular flexibility index (Phi) is 5.82. The van der Waals surface area contributed by atoms with Crippen LogP contribution in [0.25, 0.3) is 0 Å². The van der Waals surface area contributed by atoms with E-state index in [2.05, 4.69) is 50.4 Å². The van der Waals surface area contributed by atoms with Gasteiger partial charge in [-0.3, -0.25) is 0 Å². The van der Waals surface area contributed by atoms with E-state index in [9.17, 15) is 0 Å². The first kappa shape index (κ1) is 16.0. The van der Waals surface area contributed by atoms with Crippen LogP contribution in [0.4, 0.5) is 17.3 Å². The largest absolute Gasteiger partial charge is 0.370 e. The maximum atomic E-state index is 6.13. The summed E-state index contributed by atoms with van der Waals surface area (Å²) >= 11 is 9.63. The van der Waals surface area contributed by atoms with Gasteiger partial charge in [0, 0.05) is 12.1 Å². The van der Waals surface area contributed by atoms with Gasteiger partial charge in [-0.25, -0.2) is 9.97 Å². The molecule has 0 spiro atoms. The number of nitrogens with zero attached hydrogens (tertiary/aromatic N) is 2. The highest BCUT2D eigenvalue weighted by Crippen LogP contribution is 2.33. The highest BCUT2D eigenvalue weighted by Gasteiger charge is 2.12. The second-order valence-electron chi connectivity index (χ2n) is 4.56. The second kappa shape index (κ2) is 7.61. The quantitative estimate of drug-likeness (QED) is 0.750. The van der Waals surface area contributed by atoms with E-state index in [-0.39, 0.29) is 0 Å². The summed E-state index contributed by atoms with van der Waals surface area (Å²) in [5, 5.41) is 7.29. The fraction of sp³-hybridized carbons (Fsp3) is 0.333. The van der Waals surface area contributed by atoms with Crippen LogP contribution < -0.4 is 10.6 Å². The Morgan fingerprint density at radius 3 is 2.67 bits per heavy atom. The molecule has 112 valence electrons. The first-order valence-corrected chi connectivity index (χ1v) is 8.13. The average molecular weight is 370 g/mol. The fourth-order valence-corrected chi connectivity index (χ4v) is 2.59. The fourth-order valence-electron chi connectivity index (χ4n) is 2.05. The molecule has 0 saturated carbocycles. The van der Waals surface area contributed by atoms with Gasteiger partial charge in [0.2, 0.25) is 0 Å². The van der Waals surface area contributed by atoms with E-state index in [1.807, 2.05) is 18.2 Å². The maximum Gasteiger partial charge on any atom is 0.139 e. The zero-order chi connectivity index (χ0) is 15.2. The van der Waals surface area contributed by atoms with Crippen LogP contribution in [0.5, 0.6) is 0 Å². The minimum atomic E-state index is 0.665. The molecule has 1 aromatic carbocycles. The molecular weight excluding hydrogens is 352 g/mol. The van der Waals surface area contributed by atoms with Crippen molar-refractivity contribution in [3.63, 3.8) is 0 Å². The van der Waals surface area contributed by atoms with Gasteiger partial charge in [0.05, 0.1) is 15.2 Å². The van der Waals surface area contributed by atoms with Crippen molar-refractivity contribution in [1.29, 1.82) is 0 Å². The van der Waals surface area contributed by atoms with Crippen molar-refractivity contribution >= 4 is 44.9 Å². The molecule has 21 heavy (non-hydrogen) atoms. The van der Waals surface area contributed by atoms with Gasteiger partial charge in [0.15, 0.2) is 0 Å². The molecule has 0 amide bonds. The van der Waals surface area contributed by atoms with Crippen molar-refractivity contribution in [3.05, 3.63) is 39.6 Å². The lowest BCUT2D eigenvalue weighted by Crippen LogP contribution is -2.08. The highest BCUT2D eigenvalue weighted by molar-refractivity contribution is 9.10. The van der Waals surface area contributed by atoms with Gasteiger partial charge < -0.3 is 10.6 Å². The van der Waals surface area contributed by atoms with Gasteiger partial charge in [-0.15, -0.1) is 0 Å². The van der Waals surface area contributed by atoms with E-state index >= 15 is 0 Å². The van der Waals surface area contributed by atoms with Crippen molar-refractivity contribution in [2.45, 2.75) is 26.7 Å². The van der Waals surface area contributed by atoms with Crippen LogP contribution in [0, 0.1) is 0 Å². The van der Waals surface area contributed by atoms with E-state index in [0.717, 1.165) is 46.7 Å². The molecular formula is C15H18BrClN4. The van der Waals surface area contributed by atoms with Crippen LogP contribution in [0.1, 0.15) is 25.8 Å². The molecule has 0 aliphatic carbocycles. The lowest BCUT2D eigenvalue weighted by Gasteiger charge is -2.15. The Labute approximate surface area is 138 Å². The zero-order valence-corrected chi connectivity index (χ0v) is 14.4. The highest BCUT2D eigenvalue weighted by atomic mass is 79.9. The topological polar surface area (TPSA) is 49.8 Å². The molecule has 0 unspecified atom stereocenters. The molecule has 0 aliphatic heterocycles. The first-order valence-electron chi connectivity index (χ1n) is 6.96. The first-order chi connectivity index (χ1) is 10.2. The minimum absolute atomic E-state index is 0.665. The molecule has 1 aromatic heterocycles. The van der Waals surface area contributed by atoms with Gasteiger partial charge >= 0.3 is 0 Å². The molecule has 2 aromatic rings. The number of rotatable bonds is 6. The Morgan fingerprint density at radius 1 is 1.19 bits per heavy atom. The van der Waals surface area contributed by atoms with E-state index < -0.39 is 0 Å². The molecule has 2 rings (SSSR count). The van der Waals surface area contributed by atoms with Crippen LogP contribution in [0.2, 0.25) is 5.02 Å². The van der Waals surface area contributed by atoms with Gasteiger partial charge in [-0.05, 0) is 41.4 Å². The van der Waals surface area contributed by atoms with Crippen LogP contribution in [0.15, 0.2) is 29.0 Å². The van der Waals surface area contributed by atoms with Crippen molar-refractivity contribution in [1.82, 2.24) is 9.97 Å². The smallest absolute Gasteiger partial charge is 0.139 e. The van der Waals surface area contributed by atoms with Crippen LogP contribution >= 0.6 is 27.5 Å². The van der Waals surface area contributed by atoms with Gasteiger partial charge in [0.25, 0.3) is 0 Å². The normalized spacial score (nSPS) is 10.5. The van der Waals surface area contributed by atoms with Gasteiger partial charge in [-0.2, -0.15) is 0 Å². The molecule has 0 radical (unpaired) electrons. The minimum Gasteiger partial charge on any atom is -0.370 e. The molecule has 0 aliphatic rings. The van der Waals surface area contributed by atoms with Crippen molar-refractivity contribution in [2.24, 2.45) is 0 Å². The summed E-state index contributed by atoms with van der Waals surface area (Å²) in [6.07, 6.45) is 3.50. The number of benzene rings is 1. The number of anilines is 3. The number of halogens is 2. The van der Waals surface area contributed by atoms with E-state index in [0.29, 0.717) is 5.02 Å². The predicted molar refractivity (Wildman–Crippen MR) is 92.6 cm³/mol. The number of aromatic nitrogens is 2. The summed E-state index contributed by atoms with van der Waals surface area (Å²) in [5.74, 6) is 1.70. The number of nitrogens with one attached hydrogen (secondary N) is 2. The summed E-state index contributed by atoms with van der Waals surface area (Å²) < 4.78 is 0.831. The lowest BCUT2D eigenvalue weighted by molar-refractivity contribution is 0.902. The molecule has 6 heteroatoms. The standard InChI is InChI=1S/C15H18BrClN4/c1-3-6-10-14(18-4-2)19-9-20-15(10)21-12-8-5-7-11(17)13(12)16/h5,7-9H,3-4,6H2,1-2H3,(H2,18,19,20,21). The molecule has 0 bridgehead atoms. The zero-order valence-electron chi connectivity index (χ0n) is 12.1. The Morgan fingerprint density at radius 2 is 1.95 bits per heavy atom. The Bertz CT molecular complexity index is 619. The summed E-state index contributed by atoms with van der Waals surface area (Å²) in [6, 6.07) is 5.70. The molecule has 4 nitrogen and oxygen atoms in total. The predicted octanol–water partition coefficient (Wildman–Crippen LogP) is 5.02. The monoisotopic (exact) mass is 368 g/mol. The third kappa shape index (κ3) is 3.86. The third-order valence-corrected chi connectivity index (χ3v) is 4.39. The summed E-state index contributed by atoms with van der Waals surface area (Å²) in [4.78, 5) is 8.71. The summed E-state index contributed by atoms with van der Waals surface area (Å²) in [7, 11) is 0. The van der Waals surface area contributed by atoms with E-state index in [4.69, 9.17) is 11.6 Å². The van der Waals surface area contributed by atoms with Gasteiger partial charge in [0.1, 0.15) is 18.0 Å². The van der Waals surface area contributed by atoms with Crippen molar-refractivity contribution in [3.8, 4) is 0 Å². The van der Waals surface area contributed by atoms with Crippen LogP contribution in [-0.4, -0.2) is 16.5 Å². The third-order valence-electron chi connectivity index (χ3n) is 2.99. The maximum absolute atomic E-state index is 6.13. The number of hydrogen-bond acceptors (Lipinski definition) is 4. The van der Waals surface area contributed by atoms with Crippen molar-refractivity contribution < 1.29 is 0 Å². The lowest BCUT2D eigenvalue weighted by atomic mass is 10.1. The molecule has 2 N–H and O–H groups in total. The molecule has 1 heterocycles. The van der Waals surface area contributed by atoms with Crippen LogP contribution in [0.3, 0.4) is 0 Å². The Hall–Kier alpha value is -1.33. The number of hydrogen-bond donors (Lipinski definition) is 2.